The second-order valence-corrected chi connectivity index (χ2v) is 4.97. The van der Waals surface area contributed by atoms with Gasteiger partial charge in [-0.25, -0.2) is 0 Å². The number of anilines is 1. The van der Waals surface area contributed by atoms with E-state index in [1.54, 1.807) is 12.1 Å². The summed E-state index contributed by atoms with van der Waals surface area (Å²) in [6.07, 6.45) is 0. The van der Waals surface area contributed by atoms with Gasteiger partial charge in [0, 0.05) is 30.9 Å². The molecule has 0 spiro atoms. The molecule has 108 valence electrons. The van der Waals surface area contributed by atoms with Crippen LogP contribution in [0.2, 0.25) is 0 Å². The zero-order valence-electron chi connectivity index (χ0n) is 12.3. The summed E-state index contributed by atoms with van der Waals surface area (Å²) in [6.45, 7) is 5.76. The first-order chi connectivity index (χ1) is 9.40. The number of hydrogen-bond acceptors (Lipinski definition) is 5. The molecule has 1 unspecified atom stereocenters. The van der Waals surface area contributed by atoms with E-state index in [4.69, 9.17) is 5.26 Å². The average molecular weight is 276 g/mol. The Balaban J connectivity index is 3.11. The Morgan fingerprint density at radius 2 is 2.10 bits per heavy atom. The third-order valence-corrected chi connectivity index (χ3v) is 3.13. The maximum Gasteiger partial charge on any atom is 0.287 e. The molecule has 1 aromatic rings. The van der Waals surface area contributed by atoms with Crippen LogP contribution in [0.25, 0.3) is 0 Å². The van der Waals surface area contributed by atoms with Gasteiger partial charge < -0.3 is 9.80 Å². The molecule has 0 N–H and O–H groups in total. The van der Waals surface area contributed by atoms with Crippen LogP contribution in [0.1, 0.15) is 19.4 Å². The summed E-state index contributed by atoms with van der Waals surface area (Å²) in [4.78, 5) is 14.5. The number of hydrogen-bond donors (Lipinski definition) is 0. The van der Waals surface area contributed by atoms with E-state index in [1.165, 1.54) is 6.07 Å². The van der Waals surface area contributed by atoms with E-state index in [1.807, 2.05) is 27.1 Å². The third kappa shape index (κ3) is 3.68. The monoisotopic (exact) mass is 276 g/mol. The summed E-state index contributed by atoms with van der Waals surface area (Å²) >= 11 is 0. The van der Waals surface area contributed by atoms with Crippen molar-refractivity contribution in [2.45, 2.75) is 19.9 Å². The minimum Gasteiger partial charge on any atom is -0.368 e. The molecule has 0 amide bonds. The number of nitro benzene ring substituents is 1. The van der Waals surface area contributed by atoms with E-state index >= 15 is 0 Å². The average Bonchev–Trinajstić information content (AvgIpc) is 2.38. The minimum absolute atomic E-state index is 0.100. The molecule has 6 nitrogen and oxygen atoms in total. The first-order valence-electron chi connectivity index (χ1n) is 6.50. The lowest BCUT2D eigenvalue weighted by atomic mass is 10.1. The second kappa shape index (κ2) is 6.87. The first-order valence-corrected chi connectivity index (χ1v) is 6.50. The molecule has 1 aromatic carbocycles. The minimum atomic E-state index is -0.526. The van der Waals surface area contributed by atoms with E-state index in [-0.39, 0.29) is 17.3 Å². The lowest BCUT2D eigenvalue weighted by Gasteiger charge is -2.32. The molecule has 1 atom stereocenters. The Morgan fingerprint density at radius 3 is 2.55 bits per heavy atom. The van der Waals surface area contributed by atoms with Gasteiger partial charge in [-0.15, -0.1) is 0 Å². The number of benzene rings is 1. The molecule has 6 heteroatoms. The SMILES string of the molecule is CCN(c1ccc([N+](=O)[O-])c(C#N)c1)C(C)CN(C)C. The van der Waals surface area contributed by atoms with E-state index in [2.05, 4.69) is 16.7 Å². The summed E-state index contributed by atoms with van der Waals surface area (Å²) in [5, 5.41) is 19.9. The van der Waals surface area contributed by atoms with Crippen molar-refractivity contribution >= 4 is 11.4 Å². The van der Waals surface area contributed by atoms with Gasteiger partial charge in [-0.2, -0.15) is 5.26 Å². The van der Waals surface area contributed by atoms with Crippen LogP contribution in [0, 0.1) is 21.4 Å². The molecule has 0 heterocycles. The van der Waals surface area contributed by atoms with Crippen LogP contribution in [0.3, 0.4) is 0 Å². The van der Waals surface area contributed by atoms with Crippen LogP contribution in [-0.4, -0.2) is 43.0 Å². The first kappa shape index (κ1) is 15.9. The van der Waals surface area contributed by atoms with Gasteiger partial charge in [0.05, 0.1) is 4.92 Å². The van der Waals surface area contributed by atoms with E-state index < -0.39 is 4.92 Å². The normalized spacial score (nSPS) is 12.0. The highest BCUT2D eigenvalue weighted by Crippen LogP contribution is 2.25. The van der Waals surface area contributed by atoms with Crippen LogP contribution < -0.4 is 4.90 Å². The van der Waals surface area contributed by atoms with Gasteiger partial charge in [0.1, 0.15) is 11.6 Å². The van der Waals surface area contributed by atoms with Crippen molar-refractivity contribution < 1.29 is 4.92 Å². The Labute approximate surface area is 119 Å². The van der Waals surface area contributed by atoms with Crippen molar-refractivity contribution in [2.75, 3.05) is 32.1 Å². The van der Waals surface area contributed by atoms with Crippen molar-refractivity contribution in [3.8, 4) is 6.07 Å². The van der Waals surface area contributed by atoms with Crippen LogP contribution in [-0.2, 0) is 0 Å². The molecule has 0 bridgehead atoms. The number of nitro groups is 1. The molecule has 0 saturated heterocycles. The number of nitriles is 1. The van der Waals surface area contributed by atoms with Crippen LogP contribution >= 0.6 is 0 Å². The number of rotatable bonds is 6. The molecule has 0 aromatic heterocycles. The van der Waals surface area contributed by atoms with Gasteiger partial charge in [0.2, 0.25) is 0 Å². The zero-order chi connectivity index (χ0) is 15.3. The summed E-state index contributed by atoms with van der Waals surface area (Å²) in [6, 6.07) is 6.85. The maximum absolute atomic E-state index is 10.8. The topological polar surface area (TPSA) is 73.4 Å². The van der Waals surface area contributed by atoms with Gasteiger partial charge in [-0.3, -0.25) is 10.1 Å². The van der Waals surface area contributed by atoms with Gasteiger partial charge in [0.15, 0.2) is 0 Å². The largest absolute Gasteiger partial charge is 0.368 e. The fraction of sp³-hybridized carbons (Fsp3) is 0.500. The maximum atomic E-state index is 10.8. The highest BCUT2D eigenvalue weighted by Gasteiger charge is 2.18. The fourth-order valence-corrected chi connectivity index (χ4v) is 2.33. The van der Waals surface area contributed by atoms with Gasteiger partial charge >= 0.3 is 0 Å². The molecule has 20 heavy (non-hydrogen) atoms. The van der Waals surface area contributed by atoms with Crippen LogP contribution in [0.5, 0.6) is 0 Å². The van der Waals surface area contributed by atoms with E-state index in [0.717, 1.165) is 18.8 Å². The van der Waals surface area contributed by atoms with E-state index in [9.17, 15) is 10.1 Å². The molecule has 1 rings (SSSR count). The number of likely N-dealkylation sites (N-methyl/N-ethyl adjacent to an activating group) is 2. The summed E-state index contributed by atoms with van der Waals surface area (Å²) in [7, 11) is 4.00. The Hall–Kier alpha value is -2.13. The molecule has 0 aliphatic carbocycles. The molecular formula is C14H20N4O2. The molecule has 0 aliphatic heterocycles. The van der Waals surface area contributed by atoms with Crippen molar-refractivity contribution in [3.63, 3.8) is 0 Å². The van der Waals surface area contributed by atoms with Gasteiger partial charge in [0.25, 0.3) is 5.69 Å². The lowest BCUT2D eigenvalue weighted by molar-refractivity contribution is -0.385. The quantitative estimate of drug-likeness (QED) is 0.588. The predicted octanol–water partition coefficient (Wildman–Crippen LogP) is 2.24. The Kier molecular flexibility index (Phi) is 5.47. The van der Waals surface area contributed by atoms with Crippen LogP contribution in [0.15, 0.2) is 18.2 Å². The molecule has 0 fully saturated rings. The van der Waals surface area contributed by atoms with Gasteiger partial charge in [-0.05, 0) is 40.1 Å². The van der Waals surface area contributed by atoms with Crippen molar-refractivity contribution in [1.29, 1.82) is 5.26 Å². The highest BCUT2D eigenvalue weighted by atomic mass is 16.6. The third-order valence-electron chi connectivity index (χ3n) is 3.13. The van der Waals surface area contributed by atoms with Crippen molar-refractivity contribution in [3.05, 3.63) is 33.9 Å². The molecule has 0 radical (unpaired) electrons. The lowest BCUT2D eigenvalue weighted by Crippen LogP contribution is -2.40. The smallest absolute Gasteiger partial charge is 0.287 e. The van der Waals surface area contributed by atoms with Crippen molar-refractivity contribution in [2.24, 2.45) is 0 Å². The fourth-order valence-electron chi connectivity index (χ4n) is 2.33. The molecule has 0 aliphatic rings. The summed E-state index contributed by atoms with van der Waals surface area (Å²) in [5.41, 5.74) is 0.791. The highest BCUT2D eigenvalue weighted by molar-refractivity contribution is 5.60. The Morgan fingerprint density at radius 1 is 1.45 bits per heavy atom. The summed E-state index contributed by atoms with van der Waals surface area (Å²) < 4.78 is 0. The summed E-state index contributed by atoms with van der Waals surface area (Å²) in [5.74, 6) is 0. The Bertz CT molecular complexity index is 522. The predicted molar refractivity (Wildman–Crippen MR) is 78.8 cm³/mol. The number of nitrogens with zero attached hydrogens (tertiary/aromatic N) is 4. The molecule has 0 saturated carbocycles. The van der Waals surface area contributed by atoms with E-state index in [0.29, 0.717) is 0 Å². The second-order valence-electron chi connectivity index (χ2n) is 4.97. The standard InChI is InChI=1S/C14H20N4O2/c1-5-17(11(2)10-16(3)4)13-6-7-14(18(19)20)12(8-13)9-15/h6-8,11H,5,10H2,1-4H3. The van der Waals surface area contributed by atoms with Crippen molar-refractivity contribution in [1.82, 2.24) is 4.90 Å². The van der Waals surface area contributed by atoms with Gasteiger partial charge in [-0.1, -0.05) is 0 Å². The van der Waals surface area contributed by atoms with Crippen LogP contribution in [0.4, 0.5) is 11.4 Å². The molecular weight excluding hydrogens is 256 g/mol. The zero-order valence-corrected chi connectivity index (χ0v) is 12.3.